The molecule has 0 spiro atoms. The molecule has 0 N–H and O–H groups in total. The number of nitrogens with zero attached hydrogens (tertiary/aromatic N) is 3. The summed E-state index contributed by atoms with van der Waals surface area (Å²) in [4.78, 5) is 43.0. The van der Waals surface area contributed by atoms with Crippen LogP contribution >= 0.6 is 11.8 Å². The summed E-state index contributed by atoms with van der Waals surface area (Å²) >= 11 is 1.24. The van der Waals surface area contributed by atoms with Gasteiger partial charge in [-0.2, -0.15) is 11.8 Å². The Morgan fingerprint density at radius 1 is 1.00 bits per heavy atom. The topological polar surface area (TPSA) is 157 Å². The standard InChI is InChI=1S/C6H9N3O9S/c10-7(11)16-5(4-2-1-3-19-4)6(17-8(12)13)18-9(14)15/h4-6H,1-3H2. The van der Waals surface area contributed by atoms with Crippen molar-refractivity contribution in [2.24, 2.45) is 0 Å². The SMILES string of the molecule is O=[N+]([O-])OC(O[N+](=O)[O-])C(O[N+](=O)[O-])C1CCCS1. The van der Waals surface area contributed by atoms with E-state index in [0.717, 1.165) is 0 Å². The van der Waals surface area contributed by atoms with Gasteiger partial charge in [-0.3, -0.25) is 9.68 Å². The van der Waals surface area contributed by atoms with Gasteiger partial charge in [-0.25, -0.2) is 0 Å². The summed E-state index contributed by atoms with van der Waals surface area (Å²) in [6, 6.07) is 0. The molecule has 13 heteroatoms. The molecule has 1 fully saturated rings. The van der Waals surface area contributed by atoms with E-state index < -0.39 is 32.9 Å². The molecule has 1 saturated heterocycles. The zero-order valence-electron chi connectivity index (χ0n) is 9.28. The van der Waals surface area contributed by atoms with Gasteiger partial charge in [0.05, 0.1) is 0 Å². The van der Waals surface area contributed by atoms with Crippen LogP contribution in [-0.4, -0.2) is 38.7 Å². The monoisotopic (exact) mass is 299 g/mol. The summed E-state index contributed by atoms with van der Waals surface area (Å²) in [5.74, 6) is 0.659. The minimum atomic E-state index is -2.11. The Bertz CT molecular complexity index is 344. The first-order valence-electron chi connectivity index (χ1n) is 4.95. The zero-order chi connectivity index (χ0) is 14.4. The summed E-state index contributed by atoms with van der Waals surface area (Å²) in [5.41, 5.74) is 0. The third-order valence-corrected chi connectivity index (χ3v) is 3.64. The molecule has 108 valence electrons. The van der Waals surface area contributed by atoms with Crippen LogP contribution in [0, 0.1) is 30.3 Å². The highest BCUT2D eigenvalue weighted by Gasteiger charge is 2.40. The fourth-order valence-corrected chi connectivity index (χ4v) is 2.90. The molecule has 1 aliphatic heterocycles. The number of rotatable bonds is 8. The highest BCUT2D eigenvalue weighted by Crippen LogP contribution is 2.32. The Kier molecular flexibility index (Phi) is 5.35. The molecule has 19 heavy (non-hydrogen) atoms. The van der Waals surface area contributed by atoms with Crippen molar-refractivity contribution in [1.82, 2.24) is 0 Å². The lowest BCUT2D eigenvalue weighted by atomic mass is 10.1. The Balaban J connectivity index is 2.83. The molecule has 2 atom stereocenters. The molecule has 12 nitrogen and oxygen atoms in total. The van der Waals surface area contributed by atoms with Gasteiger partial charge in [-0.1, -0.05) is 0 Å². The molecule has 1 rings (SSSR count). The lowest BCUT2D eigenvalue weighted by Gasteiger charge is -2.25. The van der Waals surface area contributed by atoms with Gasteiger partial charge in [0.1, 0.15) is 0 Å². The van der Waals surface area contributed by atoms with Crippen LogP contribution in [0.25, 0.3) is 0 Å². The fourth-order valence-electron chi connectivity index (χ4n) is 1.56. The maximum absolute atomic E-state index is 10.4. The zero-order valence-corrected chi connectivity index (χ0v) is 10.1. The van der Waals surface area contributed by atoms with E-state index in [1.54, 1.807) is 0 Å². The predicted molar refractivity (Wildman–Crippen MR) is 57.3 cm³/mol. The van der Waals surface area contributed by atoms with E-state index in [1.807, 2.05) is 0 Å². The summed E-state index contributed by atoms with van der Waals surface area (Å²) in [7, 11) is 0. The Labute approximate surface area is 109 Å². The van der Waals surface area contributed by atoms with Crippen molar-refractivity contribution in [3.8, 4) is 0 Å². The summed E-state index contributed by atoms with van der Waals surface area (Å²) in [5, 5.41) is 26.4. The van der Waals surface area contributed by atoms with Crippen LogP contribution in [0.4, 0.5) is 0 Å². The first-order chi connectivity index (χ1) is 8.90. The van der Waals surface area contributed by atoms with Crippen molar-refractivity contribution < 1.29 is 29.8 Å². The Morgan fingerprint density at radius 3 is 1.89 bits per heavy atom. The number of thioether (sulfide) groups is 1. The second-order valence-corrected chi connectivity index (χ2v) is 4.72. The average Bonchev–Trinajstić information content (AvgIpc) is 2.76. The van der Waals surface area contributed by atoms with E-state index in [4.69, 9.17) is 0 Å². The van der Waals surface area contributed by atoms with Gasteiger partial charge in [0.2, 0.25) is 0 Å². The van der Waals surface area contributed by atoms with Crippen molar-refractivity contribution in [3.63, 3.8) is 0 Å². The molecule has 1 aliphatic rings. The van der Waals surface area contributed by atoms with Crippen LogP contribution in [-0.2, 0) is 14.5 Å². The number of hydrogen-bond donors (Lipinski definition) is 0. The van der Waals surface area contributed by atoms with Crippen LogP contribution < -0.4 is 0 Å². The summed E-state index contributed by atoms with van der Waals surface area (Å²) < 4.78 is 0. The molecule has 0 saturated carbocycles. The van der Waals surface area contributed by atoms with Crippen LogP contribution in [0.5, 0.6) is 0 Å². The van der Waals surface area contributed by atoms with Crippen molar-refractivity contribution in [3.05, 3.63) is 30.3 Å². The van der Waals surface area contributed by atoms with E-state index in [9.17, 15) is 30.3 Å². The van der Waals surface area contributed by atoms with Crippen molar-refractivity contribution in [2.75, 3.05) is 5.75 Å². The molecule has 0 amide bonds. The molecule has 0 bridgehead atoms. The summed E-state index contributed by atoms with van der Waals surface area (Å²) in [6.45, 7) is 0. The maximum atomic E-state index is 10.4. The highest BCUT2D eigenvalue weighted by molar-refractivity contribution is 8.00. The van der Waals surface area contributed by atoms with Gasteiger partial charge >= 0.3 is 0 Å². The first-order valence-corrected chi connectivity index (χ1v) is 6.00. The van der Waals surface area contributed by atoms with Gasteiger partial charge in [0, 0.05) is 5.25 Å². The lowest BCUT2D eigenvalue weighted by Crippen LogP contribution is -2.44. The molecular formula is C6H9N3O9S. The second-order valence-electron chi connectivity index (χ2n) is 3.37. The first kappa shape index (κ1) is 15.0. The third kappa shape index (κ3) is 4.99. The van der Waals surface area contributed by atoms with Crippen LogP contribution in [0.3, 0.4) is 0 Å². The van der Waals surface area contributed by atoms with Gasteiger partial charge in [0.15, 0.2) is 6.10 Å². The smallest absolute Gasteiger partial charge is 0.296 e. The van der Waals surface area contributed by atoms with E-state index in [2.05, 4.69) is 14.5 Å². The van der Waals surface area contributed by atoms with E-state index in [-0.39, 0.29) is 0 Å². The Hall–Kier alpha value is -2.05. The lowest BCUT2D eigenvalue weighted by molar-refractivity contribution is -0.867. The minimum Gasteiger partial charge on any atom is -0.305 e. The average molecular weight is 299 g/mol. The van der Waals surface area contributed by atoms with Crippen molar-refractivity contribution >= 4 is 11.8 Å². The second kappa shape index (κ2) is 6.77. The molecule has 0 aromatic heterocycles. The van der Waals surface area contributed by atoms with Gasteiger partial charge in [-0.15, -0.1) is 30.3 Å². The molecular weight excluding hydrogens is 290 g/mol. The quantitative estimate of drug-likeness (QED) is 0.344. The summed E-state index contributed by atoms with van der Waals surface area (Å²) in [6.07, 6.45) is -2.51. The van der Waals surface area contributed by atoms with Crippen molar-refractivity contribution in [2.45, 2.75) is 30.5 Å². The van der Waals surface area contributed by atoms with Crippen LogP contribution in [0.1, 0.15) is 12.8 Å². The normalized spacial score (nSPS) is 19.7. The predicted octanol–water partition coefficient (Wildman–Crippen LogP) is 0.202. The molecule has 0 aliphatic carbocycles. The molecule has 2 unspecified atom stereocenters. The highest BCUT2D eigenvalue weighted by atomic mass is 32.2. The molecule has 0 aromatic carbocycles. The van der Waals surface area contributed by atoms with E-state index in [1.165, 1.54) is 11.8 Å². The van der Waals surface area contributed by atoms with Gasteiger partial charge in [0.25, 0.3) is 21.5 Å². The maximum Gasteiger partial charge on any atom is 0.296 e. The Morgan fingerprint density at radius 2 is 1.53 bits per heavy atom. The van der Waals surface area contributed by atoms with E-state index in [0.29, 0.717) is 18.6 Å². The molecule has 0 radical (unpaired) electrons. The van der Waals surface area contributed by atoms with Crippen molar-refractivity contribution in [1.29, 1.82) is 0 Å². The van der Waals surface area contributed by atoms with Crippen LogP contribution in [0.2, 0.25) is 0 Å². The van der Waals surface area contributed by atoms with Gasteiger partial charge < -0.3 is 4.84 Å². The molecule has 1 heterocycles. The van der Waals surface area contributed by atoms with Crippen LogP contribution in [0.15, 0.2) is 0 Å². The van der Waals surface area contributed by atoms with Gasteiger partial charge in [-0.05, 0) is 18.6 Å². The largest absolute Gasteiger partial charge is 0.305 e. The number of hydrogen-bond acceptors (Lipinski definition) is 10. The fraction of sp³-hybridized carbons (Fsp3) is 1.00. The van der Waals surface area contributed by atoms with E-state index >= 15 is 0 Å². The molecule has 0 aromatic rings. The minimum absolute atomic E-state index is 0.446. The third-order valence-electron chi connectivity index (χ3n) is 2.19.